The molecule has 1 aliphatic heterocycles. The maximum Gasteiger partial charge on any atom is 0.00385 e. The minimum atomic E-state index is 0.775. The molecule has 1 rings (SSSR count). The predicted octanol–water partition coefficient (Wildman–Crippen LogP) is 5.60. The van der Waals surface area contributed by atoms with Crippen LogP contribution in [0.15, 0.2) is 0 Å². The predicted molar refractivity (Wildman–Crippen MR) is 81.3 cm³/mol. The van der Waals surface area contributed by atoms with Crippen molar-refractivity contribution >= 4 is 0 Å². The summed E-state index contributed by atoms with van der Waals surface area (Å²) in [4.78, 5) is 2.53. The standard InChI is InChI=1S/C7H15N.4C2H6/c1-7(2)8-5-3-4-6-8;4*1-2/h7H,3-6H2,1-2H3;4*1-2H3. The third kappa shape index (κ3) is 19.5. The minimum absolute atomic E-state index is 0.775. The Balaban J connectivity index is -0.0000000771. The van der Waals surface area contributed by atoms with Gasteiger partial charge in [0, 0.05) is 6.04 Å². The smallest absolute Gasteiger partial charge is 0.00385 e. The van der Waals surface area contributed by atoms with E-state index >= 15 is 0 Å². The Hall–Kier alpha value is -0.0400. The molecule has 0 N–H and O–H groups in total. The molecule has 1 heterocycles. The van der Waals surface area contributed by atoms with Crippen LogP contribution in [0.1, 0.15) is 82.1 Å². The first-order chi connectivity index (χ1) is 7.80. The molecule has 1 aliphatic rings. The van der Waals surface area contributed by atoms with Gasteiger partial charge in [0.2, 0.25) is 0 Å². The Morgan fingerprint density at radius 2 is 0.875 bits per heavy atom. The van der Waals surface area contributed by atoms with Gasteiger partial charge in [-0.15, -0.1) is 0 Å². The van der Waals surface area contributed by atoms with Crippen molar-refractivity contribution in [2.24, 2.45) is 0 Å². The minimum Gasteiger partial charge on any atom is -0.301 e. The second kappa shape index (κ2) is 29.4. The third-order valence-corrected chi connectivity index (χ3v) is 1.87. The van der Waals surface area contributed by atoms with E-state index in [1.54, 1.807) is 0 Å². The summed E-state index contributed by atoms with van der Waals surface area (Å²) in [6.45, 7) is 23.2. The van der Waals surface area contributed by atoms with Gasteiger partial charge < -0.3 is 4.90 Å². The van der Waals surface area contributed by atoms with Crippen LogP contribution >= 0.6 is 0 Å². The lowest BCUT2D eigenvalue weighted by Crippen LogP contribution is -2.26. The van der Waals surface area contributed by atoms with Crippen molar-refractivity contribution in [3.63, 3.8) is 0 Å². The van der Waals surface area contributed by atoms with Crippen LogP contribution in [0.5, 0.6) is 0 Å². The molecular weight excluding hydrogens is 194 g/mol. The highest BCUT2D eigenvalue weighted by Gasteiger charge is 2.13. The molecule has 0 unspecified atom stereocenters. The molecule has 0 aromatic carbocycles. The molecule has 0 bridgehead atoms. The zero-order chi connectivity index (χ0) is 14.0. The van der Waals surface area contributed by atoms with Gasteiger partial charge >= 0.3 is 0 Å². The molecule has 0 aliphatic carbocycles. The topological polar surface area (TPSA) is 3.24 Å². The maximum absolute atomic E-state index is 2.53. The molecule has 1 saturated heterocycles. The first kappa shape index (κ1) is 25.0. The van der Waals surface area contributed by atoms with E-state index in [2.05, 4.69) is 18.7 Å². The summed E-state index contributed by atoms with van der Waals surface area (Å²) < 4.78 is 0. The number of rotatable bonds is 1. The fourth-order valence-corrected chi connectivity index (χ4v) is 1.26. The molecule has 1 fully saturated rings. The second-order valence-electron chi connectivity index (χ2n) is 2.84. The quantitative estimate of drug-likeness (QED) is 0.570. The summed E-state index contributed by atoms with van der Waals surface area (Å²) in [5.74, 6) is 0. The molecule has 16 heavy (non-hydrogen) atoms. The largest absolute Gasteiger partial charge is 0.301 e. The van der Waals surface area contributed by atoms with E-state index in [1.165, 1.54) is 25.9 Å². The van der Waals surface area contributed by atoms with Gasteiger partial charge in [-0.25, -0.2) is 0 Å². The van der Waals surface area contributed by atoms with E-state index in [4.69, 9.17) is 0 Å². The van der Waals surface area contributed by atoms with Crippen LogP contribution < -0.4 is 0 Å². The Morgan fingerprint density at radius 1 is 0.625 bits per heavy atom. The van der Waals surface area contributed by atoms with Gasteiger partial charge in [-0.1, -0.05) is 55.4 Å². The van der Waals surface area contributed by atoms with Gasteiger partial charge in [-0.05, 0) is 39.8 Å². The molecule has 0 spiro atoms. The Labute approximate surface area is 107 Å². The van der Waals surface area contributed by atoms with Crippen LogP contribution in [-0.4, -0.2) is 24.0 Å². The van der Waals surface area contributed by atoms with E-state index < -0.39 is 0 Å². The Bertz CT molecular complexity index is 63.8. The average molecular weight is 233 g/mol. The molecule has 0 amide bonds. The fraction of sp³-hybridized carbons (Fsp3) is 1.00. The normalized spacial score (nSPS) is 12.9. The van der Waals surface area contributed by atoms with Crippen LogP contribution in [0.4, 0.5) is 0 Å². The highest BCUT2D eigenvalue weighted by Crippen LogP contribution is 2.09. The van der Waals surface area contributed by atoms with E-state index in [0.717, 1.165) is 6.04 Å². The van der Waals surface area contributed by atoms with Crippen LogP contribution in [0.3, 0.4) is 0 Å². The van der Waals surface area contributed by atoms with Crippen molar-refractivity contribution in [1.29, 1.82) is 0 Å². The van der Waals surface area contributed by atoms with E-state index in [9.17, 15) is 0 Å². The second-order valence-corrected chi connectivity index (χ2v) is 2.84. The lowest BCUT2D eigenvalue weighted by atomic mass is 10.3. The van der Waals surface area contributed by atoms with Crippen molar-refractivity contribution in [3.05, 3.63) is 0 Å². The SMILES string of the molecule is CC.CC.CC.CC.CC(C)N1CCCC1. The highest BCUT2D eigenvalue weighted by molar-refractivity contribution is 4.68. The van der Waals surface area contributed by atoms with Gasteiger partial charge in [-0.3, -0.25) is 0 Å². The number of likely N-dealkylation sites (tertiary alicyclic amines) is 1. The third-order valence-electron chi connectivity index (χ3n) is 1.87. The maximum atomic E-state index is 2.53. The van der Waals surface area contributed by atoms with Crippen LogP contribution in [0, 0.1) is 0 Å². The molecule has 0 aromatic heterocycles. The molecule has 0 atom stereocenters. The number of nitrogens with zero attached hydrogens (tertiary/aromatic N) is 1. The number of hydrogen-bond acceptors (Lipinski definition) is 1. The first-order valence-corrected chi connectivity index (χ1v) is 7.55. The monoisotopic (exact) mass is 233 g/mol. The van der Waals surface area contributed by atoms with Gasteiger partial charge in [0.05, 0.1) is 0 Å². The van der Waals surface area contributed by atoms with Gasteiger partial charge in [0.25, 0.3) is 0 Å². The average Bonchev–Trinajstić information content (AvgIpc) is 2.93. The zero-order valence-corrected chi connectivity index (χ0v) is 13.9. The molecule has 1 nitrogen and oxygen atoms in total. The van der Waals surface area contributed by atoms with Gasteiger partial charge in [0.15, 0.2) is 0 Å². The van der Waals surface area contributed by atoms with Crippen LogP contribution in [-0.2, 0) is 0 Å². The van der Waals surface area contributed by atoms with Crippen molar-refractivity contribution < 1.29 is 0 Å². The fourth-order valence-electron chi connectivity index (χ4n) is 1.26. The highest BCUT2D eigenvalue weighted by atomic mass is 15.2. The van der Waals surface area contributed by atoms with Gasteiger partial charge in [-0.2, -0.15) is 0 Å². The zero-order valence-electron chi connectivity index (χ0n) is 13.9. The first-order valence-electron chi connectivity index (χ1n) is 7.55. The molecular formula is C15H39N. The lowest BCUT2D eigenvalue weighted by molar-refractivity contribution is 0.276. The van der Waals surface area contributed by atoms with Crippen molar-refractivity contribution in [2.75, 3.05) is 13.1 Å². The Morgan fingerprint density at radius 3 is 1.00 bits per heavy atom. The van der Waals surface area contributed by atoms with Crippen LogP contribution in [0.25, 0.3) is 0 Å². The van der Waals surface area contributed by atoms with Crippen molar-refractivity contribution in [1.82, 2.24) is 4.90 Å². The summed E-state index contributed by atoms with van der Waals surface area (Å²) in [5.41, 5.74) is 0. The molecule has 104 valence electrons. The van der Waals surface area contributed by atoms with E-state index in [1.807, 2.05) is 55.4 Å². The summed E-state index contributed by atoms with van der Waals surface area (Å²) in [5, 5.41) is 0. The molecule has 0 radical (unpaired) electrons. The lowest BCUT2D eigenvalue weighted by Gasteiger charge is -2.18. The van der Waals surface area contributed by atoms with Crippen molar-refractivity contribution in [2.45, 2.75) is 88.1 Å². The summed E-state index contributed by atoms with van der Waals surface area (Å²) in [6, 6.07) is 0.775. The summed E-state index contributed by atoms with van der Waals surface area (Å²) in [7, 11) is 0. The molecule has 0 saturated carbocycles. The summed E-state index contributed by atoms with van der Waals surface area (Å²) >= 11 is 0. The van der Waals surface area contributed by atoms with E-state index in [0.29, 0.717) is 0 Å². The summed E-state index contributed by atoms with van der Waals surface area (Å²) in [6.07, 6.45) is 2.83. The number of hydrogen-bond donors (Lipinski definition) is 0. The van der Waals surface area contributed by atoms with Crippen LogP contribution in [0.2, 0.25) is 0 Å². The molecule has 1 heteroatoms. The van der Waals surface area contributed by atoms with Gasteiger partial charge in [0.1, 0.15) is 0 Å². The van der Waals surface area contributed by atoms with Crippen molar-refractivity contribution in [3.8, 4) is 0 Å². The molecule has 0 aromatic rings. The Kier molecular flexibility index (Phi) is 45.9. The van der Waals surface area contributed by atoms with E-state index in [-0.39, 0.29) is 0 Å².